The van der Waals surface area contributed by atoms with Crippen molar-refractivity contribution in [2.24, 2.45) is 17.1 Å². The molecule has 1 amide bonds. The molecule has 0 bridgehead atoms. The van der Waals surface area contributed by atoms with Crippen LogP contribution in [0.15, 0.2) is 0 Å². The Bertz CT molecular complexity index is 314. The van der Waals surface area contributed by atoms with Crippen molar-refractivity contribution in [1.29, 1.82) is 0 Å². The lowest BCUT2D eigenvalue weighted by Gasteiger charge is -2.42. The van der Waals surface area contributed by atoms with Crippen LogP contribution >= 0.6 is 0 Å². The molecule has 110 valence electrons. The van der Waals surface area contributed by atoms with Gasteiger partial charge in [-0.15, -0.1) is 0 Å². The van der Waals surface area contributed by atoms with Crippen LogP contribution in [0.3, 0.4) is 0 Å². The fraction of sp³-hybridized carbons (Fsp3) is 0.938. The largest absolute Gasteiger partial charge is 0.338 e. The Balaban J connectivity index is 2.11. The number of carbonyl (C=O) groups is 1. The highest BCUT2D eigenvalue weighted by atomic mass is 16.2. The zero-order valence-corrected chi connectivity index (χ0v) is 12.7. The fourth-order valence-electron chi connectivity index (χ4n) is 3.86. The van der Waals surface area contributed by atoms with Crippen molar-refractivity contribution in [2.75, 3.05) is 13.1 Å². The van der Waals surface area contributed by atoms with E-state index in [0.717, 1.165) is 25.8 Å². The van der Waals surface area contributed by atoms with Gasteiger partial charge < -0.3 is 10.6 Å². The summed E-state index contributed by atoms with van der Waals surface area (Å²) in [6, 6.07) is 0.285. The van der Waals surface area contributed by atoms with E-state index in [2.05, 4.69) is 18.7 Å². The van der Waals surface area contributed by atoms with E-state index in [0.29, 0.717) is 12.5 Å². The lowest BCUT2D eigenvalue weighted by Crippen LogP contribution is -2.50. The standard InChI is InChI=1S/C16H30N2O/c1-16(2)10-6-5-9-14(16)15(19)18-11-7-3-4-8-13(18)12-17/h13-14H,3-12,17H2,1-2H3. The van der Waals surface area contributed by atoms with Crippen molar-refractivity contribution >= 4 is 5.91 Å². The van der Waals surface area contributed by atoms with Crippen LogP contribution < -0.4 is 5.73 Å². The molecule has 19 heavy (non-hydrogen) atoms. The second-order valence-electron chi connectivity index (χ2n) is 7.06. The molecule has 2 atom stereocenters. The molecular formula is C16H30N2O. The third kappa shape index (κ3) is 3.31. The molecule has 2 rings (SSSR count). The second-order valence-corrected chi connectivity index (χ2v) is 7.06. The summed E-state index contributed by atoms with van der Waals surface area (Å²) < 4.78 is 0. The molecule has 2 fully saturated rings. The van der Waals surface area contributed by atoms with E-state index >= 15 is 0 Å². The molecular weight excluding hydrogens is 236 g/mol. The van der Waals surface area contributed by atoms with Gasteiger partial charge in [0, 0.05) is 25.0 Å². The van der Waals surface area contributed by atoms with Gasteiger partial charge in [-0.2, -0.15) is 0 Å². The first-order valence-corrected chi connectivity index (χ1v) is 8.07. The molecule has 3 heteroatoms. The number of amides is 1. The quantitative estimate of drug-likeness (QED) is 0.835. The van der Waals surface area contributed by atoms with Crippen LogP contribution in [-0.2, 0) is 4.79 Å². The van der Waals surface area contributed by atoms with Crippen LogP contribution in [-0.4, -0.2) is 29.9 Å². The number of likely N-dealkylation sites (tertiary alicyclic amines) is 1. The summed E-state index contributed by atoms with van der Waals surface area (Å²) in [7, 11) is 0. The highest BCUT2D eigenvalue weighted by Crippen LogP contribution is 2.42. The number of nitrogens with zero attached hydrogens (tertiary/aromatic N) is 1. The van der Waals surface area contributed by atoms with Crippen LogP contribution in [0.1, 0.15) is 65.2 Å². The maximum absolute atomic E-state index is 13.0. The molecule has 2 N–H and O–H groups in total. The van der Waals surface area contributed by atoms with E-state index in [-0.39, 0.29) is 17.4 Å². The van der Waals surface area contributed by atoms with Gasteiger partial charge >= 0.3 is 0 Å². The number of hydrogen-bond donors (Lipinski definition) is 1. The summed E-state index contributed by atoms with van der Waals surface area (Å²) in [6.07, 6.45) is 9.45. The van der Waals surface area contributed by atoms with E-state index in [4.69, 9.17) is 5.73 Å². The average molecular weight is 266 g/mol. The molecule has 0 aromatic heterocycles. The molecule has 1 saturated carbocycles. The van der Waals surface area contributed by atoms with Gasteiger partial charge in [-0.1, -0.05) is 39.5 Å². The van der Waals surface area contributed by atoms with Gasteiger partial charge in [0.1, 0.15) is 0 Å². The number of rotatable bonds is 2. The van der Waals surface area contributed by atoms with Crippen LogP contribution in [0.25, 0.3) is 0 Å². The first kappa shape index (κ1) is 14.8. The van der Waals surface area contributed by atoms with Crippen molar-refractivity contribution in [3.63, 3.8) is 0 Å². The Labute approximate surface area is 117 Å². The Morgan fingerprint density at radius 1 is 1.16 bits per heavy atom. The van der Waals surface area contributed by atoms with Crippen molar-refractivity contribution in [3.05, 3.63) is 0 Å². The fourth-order valence-corrected chi connectivity index (χ4v) is 3.86. The lowest BCUT2D eigenvalue weighted by atomic mass is 9.68. The van der Waals surface area contributed by atoms with Gasteiger partial charge in [0.2, 0.25) is 5.91 Å². The third-order valence-corrected chi connectivity index (χ3v) is 5.24. The summed E-state index contributed by atoms with van der Waals surface area (Å²) in [6.45, 7) is 6.08. The van der Waals surface area contributed by atoms with E-state index < -0.39 is 0 Å². The highest BCUT2D eigenvalue weighted by Gasteiger charge is 2.40. The molecule has 1 saturated heterocycles. The number of carbonyl (C=O) groups excluding carboxylic acids is 1. The summed E-state index contributed by atoms with van der Waals surface area (Å²) in [4.78, 5) is 15.1. The molecule has 1 aliphatic heterocycles. The SMILES string of the molecule is CC1(C)CCCCC1C(=O)N1CCCCCC1CN. The molecule has 0 spiro atoms. The van der Waals surface area contributed by atoms with Gasteiger partial charge in [0.05, 0.1) is 0 Å². The van der Waals surface area contributed by atoms with Crippen molar-refractivity contribution in [2.45, 2.75) is 71.3 Å². The number of hydrogen-bond acceptors (Lipinski definition) is 2. The maximum Gasteiger partial charge on any atom is 0.226 e. The van der Waals surface area contributed by atoms with Crippen LogP contribution in [0.4, 0.5) is 0 Å². The molecule has 0 aromatic rings. The third-order valence-electron chi connectivity index (χ3n) is 5.24. The minimum absolute atomic E-state index is 0.167. The molecule has 1 aliphatic carbocycles. The summed E-state index contributed by atoms with van der Waals surface area (Å²) in [5, 5.41) is 0. The number of nitrogens with two attached hydrogens (primary N) is 1. The molecule has 2 unspecified atom stereocenters. The summed E-state index contributed by atoms with van der Waals surface area (Å²) in [5.41, 5.74) is 6.07. The van der Waals surface area contributed by atoms with Gasteiger partial charge in [-0.3, -0.25) is 4.79 Å². The Morgan fingerprint density at radius 3 is 2.58 bits per heavy atom. The monoisotopic (exact) mass is 266 g/mol. The normalized spacial score (nSPS) is 31.8. The highest BCUT2D eigenvalue weighted by molar-refractivity contribution is 5.80. The molecule has 2 aliphatic rings. The van der Waals surface area contributed by atoms with E-state index in [1.807, 2.05) is 0 Å². The van der Waals surface area contributed by atoms with Crippen molar-refractivity contribution in [1.82, 2.24) is 4.90 Å². The van der Waals surface area contributed by atoms with E-state index in [1.165, 1.54) is 32.1 Å². The van der Waals surface area contributed by atoms with Crippen LogP contribution in [0.2, 0.25) is 0 Å². The van der Waals surface area contributed by atoms with Crippen molar-refractivity contribution < 1.29 is 4.79 Å². The second kappa shape index (κ2) is 6.25. The van der Waals surface area contributed by atoms with Gasteiger partial charge in [0.15, 0.2) is 0 Å². The van der Waals surface area contributed by atoms with Gasteiger partial charge in [-0.05, 0) is 31.1 Å². The van der Waals surface area contributed by atoms with E-state index in [1.54, 1.807) is 0 Å². The molecule has 1 heterocycles. The Morgan fingerprint density at radius 2 is 1.89 bits per heavy atom. The van der Waals surface area contributed by atoms with Crippen molar-refractivity contribution in [3.8, 4) is 0 Å². The van der Waals surface area contributed by atoms with Gasteiger partial charge in [-0.25, -0.2) is 0 Å². The molecule has 0 aromatic carbocycles. The summed E-state index contributed by atoms with van der Waals surface area (Å²) >= 11 is 0. The van der Waals surface area contributed by atoms with Gasteiger partial charge in [0.25, 0.3) is 0 Å². The minimum Gasteiger partial charge on any atom is -0.338 e. The Kier molecular flexibility index (Phi) is 4.88. The zero-order chi connectivity index (χ0) is 13.9. The Hall–Kier alpha value is -0.570. The first-order chi connectivity index (χ1) is 9.06. The lowest BCUT2D eigenvalue weighted by molar-refractivity contribution is -0.143. The predicted octanol–water partition coefficient (Wildman–Crippen LogP) is 2.93. The first-order valence-electron chi connectivity index (χ1n) is 8.07. The summed E-state index contributed by atoms with van der Waals surface area (Å²) in [5.74, 6) is 0.607. The zero-order valence-electron chi connectivity index (χ0n) is 12.7. The maximum atomic E-state index is 13.0. The smallest absolute Gasteiger partial charge is 0.226 e. The molecule has 0 radical (unpaired) electrons. The van der Waals surface area contributed by atoms with Crippen LogP contribution in [0, 0.1) is 11.3 Å². The minimum atomic E-state index is 0.167. The van der Waals surface area contributed by atoms with Crippen LogP contribution in [0.5, 0.6) is 0 Å². The average Bonchev–Trinajstić information content (AvgIpc) is 2.62. The predicted molar refractivity (Wildman–Crippen MR) is 78.8 cm³/mol. The molecule has 3 nitrogen and oxygen atoms in total. The van der Waals surface area contributed by atoms with E-state index in [9.17, 15) is 4.79 Å². The topological polar surface area (TPSA) is 46.3 Å².